The first-order valence-corrected chi connectivity index (χ1v) is 7.22. The van der Waals surface area contributed by atoms with E-state index in [1.807, 2.05) is 4.90 Å². The Morgan fingerprint density at radius 1 is 1.30 bits per heavy atom. The molecule has 0 aliphatic carbocycles. The molecule has 0 aromatic carbocycles. The van der Waals surface area contributed by atoms with Gasteiger partial charge >= 0.3 is 0 Å². The second kappa shape index (κ2) is 6.70. The smallest absolute Gasteiger partial charge is 0.255 e. The van der Waals surface area contributed by atoms with Crippen LogP contribution in [0.3, 0.4) is 0 Å². The number of hydrogen-bond acceptors (Lipinski definition) is 4. The van der Waals surface area contributed by atoms with Gasteiger partial charge in [-0.05, 0) is 24.9 Å². The van der Waals surface area contributed by atoms with Gasteiger partial charge in [0, 0.05) is 32.4 Å². The molecule has 5 nitrogen and oxygen atoms in total. The van der Waals surface area contributed by atoms with Crippen LogP contribution in [-0.4, -0.2) is 58.5 Å². The summed E-state index contributed by atoms with van der Waals surface area (Å²) in [6, 6.07) is 1.47. The molecule has 0 atom stereocenters. The van der Waals surface area contributed by atoms with Gasteiger partial charge in [0.2, 0.25) is 0 Å². The van der Waals surface area contributed by atoms with Crippen LogP contribution in [0.25, 0.3) is 0 Å². The lowest BCUT2D eigenvalue weighted by Gasteiger charge is -2.35. The van der Waals surface area contributed by atoms with E-state index in [1.54, 1.807) is 0 Å². The molecule has 110 valence electrons. The SMILES string of the molecule is CC(C)CCN1CCN(C(=O)c2cncc(O)c2)CC1. The molecule has 0 spiro atoms. The van der Waals surface area contributed by atoms with Gasteiger partial charge in [-0.3, -0.25) is 14.7 Å². The fourth-order valence-electron chi connectivity index (χ4n) is 2.34. The van der Waals surface area contributed by atoms with Gasteiger partial charge < -0.3 is 10.0 Å². The van der Waals surface area contributed by atoms with Gasteiger partial charge in [-0.1, -0.05) is 13.8 Å². The van der Waals surface area contributed by atoms with E-state index in [0.717, 1.165) is 32.7 Å². The Hall–Kier alpha value is -1.62. The maximum Gasteiger partial charge on any atom is 0.255 e. The van der Waals surface area contributed by atoms with Gasteiger partial charge in [-0.15, -0.1) is 0 Å². The Labute approximate surface area is 120 Å². The molecule has 0 bridgehead atoms. The number of aromatic hydroxyl groups is 1. The summed E-state index contributed by atoms with van der Waals surface area (Å²) in [7, 11) is 0. The summed E-state index contributed by atoms with van der Waals surface area (Å²) in [5.74, 6) is 0.705. The van der Waals surface area contributed by atoms with Crippen LogP contribution in [-0.2, 0) is 0 Å². The van der Waals surface area contributed by atoms with E-state index >= 15 is 0 Å². The van der Waals surface area contributed by atoms with E-state index in [2.05, 4.69) is 23.7 Å². The first-order chi connectivity index (χ1) is 9.56. The minimum Gasteiger partial charge on any atom is -0.506 e. The van der Waals surface area contributed by atoms with Crippen molar-refractivity contribution in [1.29, 1.82) is 0 Å². The van der Waals surface area contributed by atoms with Crippen LogP contribution in [0.2, 0.25) is 0 Å². The van der Waals surface area contributed by atoms with Crippen molar-refractivity contribution in [2.75, 3.05) is 32.7 Å². The summed E-state index contributed by atoms with van der Waals surface area (Å²) in [5, 5.41) is 9.38. The second-order valence-corrected chi connectivity index (χ2v) is 5.75. The van der Waals surface area contributed by atoms with Crippen LogP contribution in [0.15, 0.2) is 18.5 Å². The number of rotatable bonds is 4. The third-order valence-electron chi connectivity index (χ3n) is 3.65. The molecular weight excluding hydrogens is 254 g/mol. The molecule has 5 heteroatoms. The van der Waals surface area contributed by atoms with E-state index in [4.69, 9.17) is 0 Å². The number of amides is 1. The molecule has 1 aromatic rings. The monoisotopic (exact) mass is 277 g/mol. The van der Waals surface area contributed by atoms with Crippen molar-refractivity contribution < 1.29 is 9.90 Å². The van der Waals surface area contributed by atoms with Crippen molar-refractivity contribution in [2.45, 2.75) is 20.3 Å². The summed E-state index contributed by atoms with van der Waals surface area (Å²) < 4.78 is 0. The molecular formula is C15H23N3O2. The molecule has 2 rings (SSSR count). The van der Waals surface area contributed by atoms with Gasteiger partial charge in [0.05, 0.1) is 11.8 Å². The first-order valence-electron chi connectivity index (χ1n) is 7.22. The Balaban J connectivity index is 1.86. The summed E-state index contributed by atoms with van der Waals surface area (Å²) in [6.45, 7) is 8.89. The third kappa shape index (κ3) is 3.93. The molecule has 0 saturated carbocycles. The number of carbonyl (C=O) groups excluding carboxylic acids is 1. The third-order valence-corrected chi connectivity index (χ3v) is 3.65. The molecule has 1 aliphatic rings. The summed E-state index contributed by atoms with van der Waals surface area (Å²) in [5.41, 5.74) is 0.459. The van der Waals surface area contributed by atoms with Gasteiger partial charge in [0.15, 0.2) is 0 Å². The molecule has 1 amide bonds. The maximum atomic E-state index is 12.3. The first kappa shape index (κ1) is 14.8. The Morgan fingerprint density at radius 3 is 2.60 bits per heavy atom. The summed E-state index contributed by atoms with van der Waals surface area (Å²) in [4.78, 5) is 20.4. The summed E-state index contributed by atoms with van der Waals surface area (Å²) in [6.07, 6.45) is 4.04. The zero-order valence-electron chi connectivity index (χ0n) is 12.2. The quantitative estimate of drug-likeness (QED) is 0.908. The maximum absolute atomic E-state index is 12.3. The average molecular weight is 277 g/mol. The molecule has 2 heterocycles. The zero-order chi connectivity index (χ0) is 14.5. The van der Waals surface area contributed by atoms with Gasteiger partial charge in [-0.25, -0.2) is 0 Å². The molecule has 1 aromatic heterocycles. The number of pyridine rings is 1. The second-order valence-electron chi connectivity index (χ2n) is 5.75. The number of hydrogen-bond donors (Lipinski definition) is 1. The van der Waals surface area contributed by atoms with E-state index in [0.29, 0.717) is 11.5 Å². The van der Waals surface area contributed by atoms with Crippen molar-refractivity contribution in [1.82, 2.24) is 14.8 Å². The van der Waals surface area contributed by atoms with Crippen LogP contribution in [0.5, 0.6) is 5.75 Å². The number of carbonyl (C=O) groups is 1. The Morgan fingerprint density at radius 2 is 2.00 bits per heavy atom. The van der Waals surface area contributed by atoms with E-state index in [1.165, 1.54) is 24.9 Å². The van der Waals surface area contributed by atoms with Crippen LogP contribution >= 0.6 is 0 Å². The highest BCUT2D eigenvalue weighted by molar-refractivity contribution is 5.94. The van der Waals surface area contributed by atoms with Gasteiger partial charge in [0.1, 0.15) is 5.75 Å². The molecule has 1 aliphatic heterocycles. The highest BCUT2D eigenvalue weighted by Gasteiger charge is 2.22. The van der Waals surface area contributed by atoms with E-state index in [-0.39, 0.29) is 11.7 Å². The fourth-order valence-corrected chi connectivity index (χ4v) is 2.34. The standard InChI is InChI=1S/C15H23N3O2/c1-12(2)3-4-17-5-7-18(8-6-17)15(20)13-9-14(19)11-16-10-13/h9-12,19H,3-8H2,1-2H3. The average Bonchev–Trinajstić information content (AvgIpc) is 2.45. The normalized spacial score (nSPS) is 16.6. The molecule has 20 heavy (non-hydrogen) atoms. The van der Waals surface area contributed by atoms with Crippen LogP contribution in [0, 0.1) is 5.92 Å². The van der Waals surface area contributed by atoms with Crippen molar-refractivity contribution in [3.8, 4) is 5.75 Å². The van der Waals surface area contributed by atoms with Crippen molar-refractivity contribution in [2.24, 2.45) is 5.92 Å². The molecule has 0 radical (unpaired) electrons. The predicted molar refractivity (Wildman–Crippen MR) is 77.7 cm³/mol. The van der Waals surface area contributed by atoms with Crippen LogP contribution in [0.4, 0.5) is 0 Å². The topological polar surface area (TPSA) is 56.7 Å². The lowest BCUT2D eigenvalue weighted by molar-refractivity contribution is 0.0631. The minimum atomic E-state index is -0.0445. The van der Waals surface area contributed by atoms with Crippen molar-refractivity contribution in [3.05, 3.63) is 24.0 Å². The zero-order valence-corrected chi connectivity index (χ0v) is 12.2. The van der Waals surface area contributed by atoms with Crippen molar-refractivity contribution >= 4 is 5.91 Å². The van der Waals surface area contributed by atoms with Crippen molar-refractivity contribution in [3.63, 3.8) is 0 Å². The van der Waals surface area contributed by atoms with E-state index in [9.17, 15) is 9.90 Å². The Kier molecular flexibility index (Phi) is 4.95. The van der Waals surface area contributed by atoms with Gasteiger partial charge in [0.25, 0.3) is 5.91 Å². The van der Waals surface area contributed by atoms with Gasteiger partial charge in [-0.2, -0.15) is 0 Å². The lowest BCUT2D eigenvalue weighted by Crippen LogP contribution is -2.49. The minimum absolute atomic E-state index is 0.0337. The fraction of sp³-hybridized carbons (Fsp3) is 0.600. The predicted octanol–water partition coefficient (Wildman–Crippen LogP) is 1.59. The highest BCUT2D eigenvalue weighted by Crippen LogP contribution is 2.13. The van der Waals surface area contributed by atoms with Crippen LogP contribution in [0.1, 0.15) is 30.6 Å². The lowest BCUT2D eigenvalue weighted by atomic mass is 10.1. The molecule has 1 N–H and O–H groups in total. The number of piperazine rings is 1. The van der Waals surface area contributed by atoms with E-state index < -0.39 is 0 Å². The largest absolute Gasteiger partial charge is 0.506 e. The number of aromatic nitrogens is 1. The molecule has 1 saturated heterocycles. The molecule has 1 fully saturated rings. The highest BCUT2D eigenvalue weighted by atomic mass is 16.3. The Bertz CT molecular complexity index is 454. The molecule has 0 unspecified atom stereocenters. The van der Waals surface area contributed by atoms with Crippen LogP contribution < -0.4 is 0 Å². The number of nitrogens with zero attached hydrogens (tertiary/aromatic N) is 3. The summed E-state index contributed by atoms with van der Waals surface area (Å²) >= 11 is 0.